The highest BCUT2D eigenvalue weighted by Gasteiger charge is 2.15. The number of carbonyl (C=O) groups excluding carboxylic acids is 1. The Hall–Kier alpha value is -3.11. The van der Waals surface area contributed by atoms with Crippen LogP contribution in [0.25, 0.3) is 0 Å². The topological polar surface area (TPSA) is 47.6 Å². The third kappa shape index (κ3) is 5.44. The van der Waals surface area contributed by atoms with Crippen molar-refractivity contribution in [2.45, 2.75) is 26.1 Å². The van der Waals surface area contributed by atoms with Gasteiger partial charge in [0.05, 0.1) is 13.7 Å². The lowest BCUT2D eigenvalue weighted by atomic mass is 10.0. The second kappa shape index (κ2) is 9.72. The number of nitrogens with one attached hydrogen (secondary N) is 1. The van der Waals surface area contributed by atoms with Gasteiger partial charge in [0.15, 0.2) is 0 Å². The Morgan fingerprint density at radius 2 is 1.64 bits per heavy atom. The van der Waals surface area contributed by atoms with Crippen LogP contribution in [0.2, 0.25) is 0 Å². The average Bonchev–Trinajstić information content (AvgIpc) is 2.74. The number of carbonyl (C=O) groups is 1. The van der Waals surface area contributed by atoms with Crippen LogP contribution in [0.3, 0.4) is 0 Å². The van der Waals surface area contributed by atoms with Crippen LogP contribution in [0.5, 0.6) is 5.75 Å². The lowest BCUT2D eigenvalue weighted by molar-refractivity contribution is -0.127. The smallest absolute Gasteiger partial charge is 0.253 e. The maximum atomic E-state index is 12.6. The molecule has 3 rings (SSSR count). The summed E-state index contributed by atoms with van der Waals surface area (Å²) >= 11 is 0. The van der Waals surface area contributed by atoms with Crippen LogP contribution in [0.1, 0.15) is 23.6 Å². The van der Waals surface area contributed by atoms with E-state index >= 15 is 0 Å². The molecule has 0 aliphatic rings. The van der Waals surface area contributed by atoms with Crippen molar-refractivity contribution in [3.63, 3.8) is 0 Å². The maximum Gasteiger partial charge on any atom is 0.253 e. The van der Waals surface area contributed by atoms with Gasteiger partial charge in [-0.25, -0.2) is 0 Å². The van der Waals surface area contributed by atoms with Gasteiger partial charge in [0.2, 0.25) is 0 Å². The molecule has 0 radical (unpaired) electrons. The molecule has 0 fully saturated rings. The van der Waals surface area contributed by atoms with E-state index in [-0.39, 0.29) is 5.91 Å². The summed E-state index contributed by atoms with van der Waals surface area (Å²) in [5.74, 6) is 0.608. The number of ether oxygens (including phenoxy) is 2. The number of rotatable bonds is 8. The van der Waals surface area contributed by atoms with E-state index in [1.165, 1.54) is 5.56 Å². The molecule has 3 aromatic carbocycles. The first kappa shape index (κ1) is 19.6. The summed E-state index contributed by atoms with van der Waals surface area (Å²) in [6, 6.07) is 25.7. The van der Waals surface area contributed by atoms with Crippen molar-refractivity contribution in [2.75, 3.05) is 12.4 Å². The van der Waals surface area contributed by atoms with Gasteiger partial charge in [0, 0.05) is 5.69 Å². The van der Waals surface area contributed by atoms with Crippen molar-refractivity contribution >= 4 is 11.6 Å². The van der Waals surface area contributed by atoms with E-state index in [1.807, 2.05) is 66.7 Å². The SMILES string of the molecule is COc1cccc(COC(C)C(=O)Nc2ccccc2Cc2ccccc2)c1. The summed E-state index contributed by atoms with van der Waals surface area (Å²) in [6.45, 7) is 2.10. The number of benzene rings is 3. The van der Waals surface area contributed by atoms with Gasteiger partial charge in [-0.05, 0) is 48.2 Å². The predicted octanol–water partition coefficient (Wildman–Crippen LogP) is 4.83. The zero-order valence-electron chi connectivity index (χ0n) is 16.2. The van der Waals surface area contributed by atoms with E-state index in [0.717, 1.165) is 29.0 Å². The number of hydrogen-bond donors (Lipinski definition) is 1. The van der Waals surface area contributed by atoms with E-state index < -0.39 is 6.10 Å². The summed E-state index contributed by atoms with van der Waals surface area (Å²) in [5.41, 5.74) is 4.05. The molecule has 4 nitrogen and oxygen atoms in total. The fourth-order valence-electron chi connectivity index (χ4n) is 2.91. The molecule has 1 amide bonds. The van der Waals surface area contributed by atoms with Crippen molar-refractivity contribution in [3.05, 3.63) is 95.6 Å². The summed E-state index contributed by atoms with van der Waals surface area (Å²) in [6.07, 6.45) is 0.187. The second-order valence-electron chi connectivity index (χ2n) is 6.61. The van der Waals surface area contributed by atoms with E-state index in [2.05, 4.69) is 17.4 Å². The minimum atomic E-state index is -0.573. The van der Waals surface area contributed by atoms with Gasteiger partial charge < -0.3 is 14.8 Å². The third-order valence-electron chi connectivity index (χ3n) is 4.52. The first-order chi connectivity index (χ1) is 13.7. The molecule has 4 heteroatoms. The Morgan fingerprint density at radius 3 is 2.43 bits per heavy atom. The molecule has 0 heterocycles. The lowest BCUT2D eigenvalue weighted by Crippen LogP contribution is -2.28. The van der Waals surface area contributed by atoms with Crippen LogP contribution < -0.4 is 10.1 Å². The molecular weight excluding hydrogens is 350 g/mol. The fourth-order valence-corrected chi connectivity index (χ4v) is 2.91. The van der Waals surface area contributed by atoms with E-state index in [1.54, 1.807) is 14.0 Å². The van der Waals surface area contributed by atoms with Gasteiger partial charge in [0.1, 0.15) is 11.9 Å². The number of anilines is 1. The summed E-state index contributed by atoms with van der Waals surface area (Å²) in [5, 5.41) is 3.00. The number of para-hydroxylation sites is 1. The highest BCUT2D eigenvalue weighted by Crippen LogP contribution is 2.20. The van der Waals surface area contributed by atoms with Gasteiger partial charge in [-0.3, -0.25) is 4.79 Å². The van der Waals surface area contributed by atoms with E-state index in [4.69, 9.17) is 9.47 Å². The van der Waals surface area contributed by atoms with Crippen molar-refractivity contribution in [3.8, 4) is 5.75 Å². The zero-order chi connectivity index (χ0) is 19.8. The summed E-state index contributed by atoms with van der Waals surface area (Å²) in [7, 11) is 1.63. The minimum absolute atomic E-state index is 0.164. The summed E-state index contributed by atoms with van der Waals surface area (Å²) in [4.78, 5) is 12.6. The molecule has 0 aliphatic carbocycles. The molecule has 3 aromatic rings. The molecule has 1 atom stereocenters. The van der Waals surface area contributed by atoms with Crippen LogP contribution in [0.4, 0.5) is 5.69 Å². The minimum Gasteiger partial charge on any atom is -0.497 e. The zero-order valence-corrected chi connectivity index (χ0v) is 16.2. The predicted molar refractivity (Wildman–Crippen MR) is 112 cm³/mol. The van der Waals surface area contributed by atoms with Gasteiger partial charge in [-0.2, -0.15) is 0 Å². The summed E-state index contributed by atoms with van der Waals surface area (Å²) < 4.78 is 11.0. The van der Waals surface area contributed by atoms with Gasteiger partial charge in [-0.1, -0.05) is 60.7 Å². The van der Waals surface area contributed by atoms with Crippen LogP contribution in [-0.4, -0.2) is 19.1 Å². The van der Waals surface area contributed by atoms with E-state index in [0.29, 0.717) is 6.61 Å². The molecular formula is C24H25NO3. The molecule has 0 saturated heterocycles. The highest BCUT2D eigenvalue weighted by atomic mass is 16.5. The van der Waals surface area contributed by atoms with Gasteiger partial charge in [-0.15, -0.1) is 0 Å². The monoisotopic (exact) mass is 375 g/mol. The molecule has 1 unspecified atom stereocenters. The van der Waals surface area contributed by atoms with Crippen molar-refractivity contribution < 1.29 is 14.3 Å². The quantitative estimate of drug-likeness (QED) is 0.613. The Morgan fingerprint density at radius 1 is 0.929 bits per heavy atom. The maximum absolute atomic E-state index is 12.6. The molecule has 144 valence electrons. The van der Waals surface area contributed by atoms with Crippen LogP contribution in [0, 0.1) is 0 Å². The first-order valence-electron chi connectivity index (χ1n) is 9.33. The van der Waals surface area contributed by atoms with Crippen molar-refractivity contribution in [2.24, 2.45) is 0 Å². The van der Waals surface area contributed by atoms with Crippen LogP contribution in [-0.2, 0) is 22.6 Å². The van der Waals surface area contributed by atoms with Gasteiger partial charge in [0.25, 0.3) is 5.91 Å². The number of methoxy groups -OCH3 is 1. The lowest BCUT2D eigenvalue weighted by Gasteiger charge is -2.16. The number of amides is 1. The molecule has 0 spiro atoms. The molecule has 0 saturated carbocycles. The Labute approximate surface area is 166 Å². The largest absolute Gasteiger partial charge is 0.497 e. The second-order valence-corrected chi connectivity index (χ2v) is 6.61. The molecule has 1 N–H and O–H groups in total. The van der Waals surface area contributed by atoms with E-state index in [9.17, 15) is 4.79 Å². The van der Waals surface area contributed by atoms with Crippen LogP contribution in [0.15, 0.2) is 78.9 Å². The average molecular weight is 375 g/mol. The Balaban J connectivity index is 1.60. The van der Waals surface area contributed by atoms with Crippen molar-refractivity contribution in [1.82, 2.24) is 0 Å². The Bertz CT molecular complexity index is 908. The normalized spacial score (nSPS) is 11.6. The molecule has 0 aromatic heterocycles. The number of hydrogen-bond acceptors (Lipinski definition) is 3. The van der Waals surface area contributed by atoms with Gasteiger partial charge >= 0.3 is 0 Å². The molecule has 28 heavy (non-hydrogen) atoms. The third-order valence-corrected chi connectivity index (χ3v) is 4.52. The van der Waals surface area contributed by atoms with Crippen molar-refractivity contribution in [1.29, 1.82) is 0 Å². The molecule has 0 bridgehead atoms. The fraction of sp³-hybridized carbons (Fsp3) is 0.208. The van der Waals surface area contributed by atoms with Crippen LogP contribution >= 0.6 is 0 Å². The Kier molecular flexibility index (Phi) is 6.82. The first-order valence-corrected chi connectivity index (χ1v) is 9.33. The highest BCUT2D eigenvalue weighted by molar-refractivity contribution is 5.94. The standard InChI is InChI=1S/C24H25NO3/c1-18(28-17-20-11-8-13-22(16-20)27-2)24(26)25-23-14-7-6-12-21(23)15-19-9-4-3-5-10-19/h3-14,16,18H,15,17H2,1-2H3,(H,25,26). The molecule has 0 aliphatic heterocycles.